The molecule has 0 saturated heterocycles. The van der Waals surface area contributed by atoms with Crippen molar-refractivity contribution in [3.8, 4) is 0 Å². The van der Waals surface area contributed by atoms with Gasteiger partial charge in [0.05, 0.1) is 19.3 Å². The van der Waals surface area contributed by atoms with E-state index in [0.717, 1.165) is 18.4 Å². The second-order valence-electron chi connectivity index (χ2n) is 7.18. The van der Waals surface area contributed by atoms with Crippen LogP contribution < -0.4 is 0 Å². The van der Waals surface area contributed by atoms with Crippen LogP contribution in [-0.2, 0) is 18.6 Å². The minimum absolute atomic E-state index is 0.0302. The van der Waals surface area contributed by atoms with Gasteiger partial charge in [-0.25, -0.2) is 4.57 Å². The number of hydrogen-bond donors (Lipinski definition) is 2. The molecule has 6 nitrogen and oxygen atoms in total. The summed E-state index contributed by atoms with van der Waals surface area (Å²) in [5, 5.41) is 0. The maximum absolute atomic E-state index is 10.9. The third-order valence-corrected chi connectivity index (χ3v) is 5.02. The molecule has 0 radical (unpaired) electrons. The Morgan fingerprint density at radius 3 is 2.04 bits per heavy atom. The summed E-state index contributed by atoms with van der Waals surface area (Å²) in [6.07, 6.45) is 9.92. The van der Waals surface area contributed by atoms with E-state index in [9.17, 15) is 4.57 Å². The van der Waals surface area contributed by atoms with Gasteiger partial charge in [0, 0.05) is 5.56 Å². The fraction of sp³-hybridized carbons (Fsp3) is 0.714. The molecular weight excluding hydrogens is 379 g/mol. The van der Waals surface area contributed by atoms with Gasteiger partial charge in [0.1, 0.15) is 0 Å². The summed E-state index contributed by atoms with van der Waals surface area (Å²) in [5.41, 5.74) is 0.877. The lowest BCUT2D eigenvalue weighted by Crippen LogP contribution is -2.19. The van der Waals surface area contributed by atoms with Crippen molar-refractivity contribution in [3.05, 3.63) is 35.9 Å². The molecule has 2 N–H and O–H groups in total. The Hall–Kier alpha value is -0.750. The summed E-state index contributed by atoms with van der Waals surface area (Å²) < 4.78 is 27.2. The van der Waals surface area contributed by atoms with Crippen LogP contribution in [0.2, 0.25) is 0 Å². The van der Waals surface area contributed by atoms with E-state index in [4.69, 9.17) is 19.3 Å². The third-order valence-electron chi connectivity index (χ3n) is 4.39. The largest absolute Gasteiger partial charge is 0.469 e. The average Bonchev–Trinajstić information content (AvgIpc) is 2.65. The smallest absolute Gasteiger partial charge is 0.348 e. The number of rotatable bonds is 17. The number of benzene rings is 1. The summed E-state index contributed by atoms with van der Waals surface area (Å²) in [4.78, 5) is 17.8. The average molecular weight is 416 g/mol. The Balaban J connectivity index is 2.28. The lowest BCUT2D eigenvalue weighted by molar-refractivity contribution is -0.160. The van der Waals surface area contributed by atoms with Gasteiger partial charge < -0.3 is 19.3 Å². The molecule has 0 fully saturated rings. The van der Waals surface area contributed by atoms with Crippen LogP contribution in [0.5, 0.6) is 0 Å². The molecule has 0 bridgehead atoms. The summed E-state index contributed by atoms with van der Waals surface area (Å²) in [7, 11) is -4.52. The molecule has 0 heterocycles. The van der Waals surface area contributed by atoms with Crippen LogP contribution in [-0.4, -0.2) is 29.1 Å². The molecule has 1 rings (SSSR count). The zero-order chi connectivity index (χ0) is 20.7. The fourth-order valence-corrected chi connectivity index (χ4v) is 3.47. The molecule has 7 heteroatoms. The summed E-state index contributed by atoms with van der Waals surface area (Å²) >= 11 is 0. The van der Waals surface area contributed by atoms with E-state index in [1.807, 2.05) is 30.3 Å². The Bertz CT molecular complexity index is 533. The molecule has 1 aromatic rings. The highest BCUT2D eigenvalue weighted by molar-refractivity contribution is 7.46. The van der Waals surface area contributed by atoms with Gasteiger partial charge in [-0.05, 0) is 13.3 Å². The van der Waals surface area contributed by atoms with Crippen molar-refractivity contribution < 1.29 is 28.3 Å². The fourth-order valence-electron chi connectivity index (χ4n) is 2.94. The molecular formula is C21H37O6P. The zero-order valence-corrected chi connectivity index (χ0v) is 18.2. The lowest BCUT2D eigenvalue weighted by atomic mass is 10.1. The van der Waals surface area contributed by atoms with Crippen LogP contribution in [0, 0.1) is 0 Å². The van der Waals surface area contributed by atoms with Crippen LogP contribution >= 0.6 is 7.82 Å². The van der Waals surface area contributed by atoms with E-state index >= 15 is 0 Å². The highest BCUT2D eigenvalue weighted by atomic mass is 31.2. The van der Waals surface area contributed by atoms with Crippen molar-refractivity contribution >= 4 is 7.82 Å². The number of phosphoric ester groups is 1. The van der Waals surface area contributed by atoms with E-state index in [0.29, 0.717) is 6.61 Å². The Labute approximate surface area is 169 Å². The third kappa shape index (κ3) is 13.4. The second kappa shape index (κ2) is 15.1. The Morgan fingerprint density at radius 2 is 1.46 bits per heavy atom. The quantitative estimate of drug-likeness (QED) is 0.191. The van der Waals surface area contributed by atoms with Gasteiger partial charge in [0.15, 0.2) is 6.29 Å². The van der Waals surface area contributed by atoms with Gasteiger partial charge in [-0.15, -0.1) is 0 Å². The van der Waals surface area contributed by atoms with E-state index in [1.165, 1.54) is 44.9 Å². The van der Waals surface area contributed by atoms with E-state index in [-0.39, 0.29) is 6.61 Å². The number of ether oxygens (including phenoxy) is 2. The van der Waals surface area contributed by atoms with Crippen LogP contribution in [0.4, 0.5) is 0 Å². The number of phosphoric acid groups is 1. The monoisotopic (exact) mass is 416 g/mol. The molecule has 0 amide bonds. The highest BCUT2D eigenvalue weighted by Gasteiger charge is 2.21. The maximum Gasteiger partial charge on any atom is 0.469 e. The highest BCUT2D eigenvalue weighted by Crippen LogP contribution is 2.37. The van der Waals surface area contributed by atoms with Gasteiger partial charge in [0.2, 0.25) is 0 Å². The SMILES string of the molecule is CCCCCCCCCCCOC(OCC(C)OP(=O)(O)O)c1ccccc1. The standard InChI is InChI=1S/C21H37O6P/c1-3-4-5-6-7-8-9-10-14-17-25-21(20-15-12-11-13-16-20)26-18-19(2)27-28(22,23)24/h11-13,15-16,19,21H,3-10,14,17-18H2,1-2H3,(H2,22,23,24). The molecule has 0 aliphatic heterocycles. The molecule has 0 spiro atoms. The molecule has 0 aliphatic carbocycles. The topological polar surface area (TPSA) is 85.2 Å². The molecule has 0 saturated carbocycles. The Kier molecular flexibility index (Phi) is 13.7. The van der Waals surface area contributed by atoms with Crippen LogP contribution in [0.25, 0.3) is 0 Å². The maximum atomic E-state index is 10.9. The zero-order valence-electron chi connectivity index (χ0n) is 17.3. The van der Waals surface area contributed by atoms with Crippen molar-refractivity contribution in [2.24, 2.45) is 0 Å². The predicted octanol–water partition coefficient (Wildman–Crippen LogP) is 5.75. The first-order chi connectivity index (χ1) is 13.4. The molecule has 1 aromatic carbocycles. The van der Waals surface area contributed by atoms with E-state index in [1.54, 1.807) is 6.92 Å². The first-order valence-electron chi connectivity index (χ1n) is 10.4. The summed E-state index contributed by atoms with van der Waals surface area (Å²) in [5.74, 6) is 0. The van der Waals surface area contributed by atoms with E-state index < -0.39 is 20.2 Å². The van der Waals surface area contributed by atoms with Gasteiger partial charge in [-0.1, -0.05) is 88.6 Å². The van der Waals surface area contributed by atoms with Crippen molar-refractivity contribution in [3.63, 3.8) is 0 Å². The first-order valence-corrected chi connectivity index (χ1v) is 12.0. The normalized spacial score (nSPS) is 14.1. The Morgan fingerprint density at radius 1 is 0.893 bits per heavy atom. The van der Waals surface area contributed by atoms with Crippen LogP contribution in [0.15, 0.2) is 30.3 Å². The number of unbranched alkanes of at least 4 members (excludes halogenated alkanes) is 8. The first kappa shape index (κ1) is 25.3. The van der Waals surface area contributed by atoms with Crippen molar-refractivity contribution in [2.45, 2.75) is 84.0 Å². The lowest BCUT2D eigenvalue weighted by Gasteiger charge is -2.21. The van der Waals surface area contributed by atoms with Crippen LogP contribution in [0.3, 0.4) is 0 Å². The predicted molar refractivity (Wildman–Crippen MR) is 111 cm³/mol. The van der Waals surface area contributed by atoms with E-state index in [2.05, 4.69) is 11.4 Å². The van der Waals surface area contributed by atoms with Crippen molar-refractivity contribution in [1.29, 1.82) is 0 Å². The van der Waals surface area contributed by atoms with Crippen molar-refractivity contribution in [2.75, 3.05) is 13.2 Å². The minimum Gasteiger partial charge on any atom is -0.348 e. The van der Waals surface area contributed by atoms with Gasteiger partial charge in [-0.3, -0.25) is 4.52 Å². The molecule has 162 valence electrons. The molecule has 0 aromatic heterocycles. The van der Waals surface area contributed by atoms with Gasteiger partial charge in [0.25, 0.3) is 0 Å². The van der Waals surface area contributed by atoms with Gasteiger partial charge in [-0.2, -0.15) is 0 Å². The van der Waals surface area contributed by atoms with Crippen molar-refractivity contribution in [1.82, 2.24) is 0 Å². The molecule has 0 aliphatic rings. The van der Waals surface area contributed by atoms with Gasteiger partial charge >= 0.3 is 7.82 Å². The summed E-state index contributed by atoms with van der Waals surface area (Å²) in [6.45, 7) is 4.41. The molecule has 2 unspecified atom stereocenters. The second-order valence-corrected chi connectivity index (χ2v) is 8.37. The molecule has 2 atom stereocenters. The minimum atomic E-state index is -4.52. The summed E-state index contributed by atoms with van der Waals surface area (Å²) in [6, 6.07) is 9.55. The van der Waals surface area contributed by atoms with Crippen LogP contribution in [0.1, 0.15) is 83.5 Å². The number of hydrogen-bond acceptors (Lipinski definition) is 4. The molecule has 28 heavy (non-hydrogen) atoms.